The molecular weight excluding hydrogens is 391 g/mol. The molecule has 2 aromatic carbocycles. The van der Waals surface area contributed by atoms with Crippen molar-refractivity contribution in [3.05, 3.63) is 65.1 Å². The van der Waals surface area contributed by atoms with E-state index in [1.807, 2.05) is 42.5 Å². The van der Waals surface area contributed by atoms with Crippen molar-refractivity contribution in [3.63, 3.8) is 0 Å². The first-order valence-corrected chi connectivity index (χ1v) is 9.78. The maximum atomic E-state index is 14.6. The Bertz CT molecular complexity index is 1210. The van der Waals surface area contributed by atoms with Crippen molar-refractivity contribution in [1.29, 1.82) is 5.26 Å². The third kappa shape index (κ3) is 4.36. The zero-order valence-electron chi connectivity index (χ0n) is 15.3. The van der Waals surface area contributed by atoms with Crippen molar-refractivity contribution in [1.82, 2.24) is 15.2 Å². The number of nitriles is 1. The van der Waals surface area contributed by atoms with E-state index in [0.717, 1.165) is 15.8 Å². The monoisotopic (exact) mass is 406 g/mol. The highest BCUT2D eigenvalue weighted by Crippen LogP contribution is 2.31. The van der Waals surface area contributed by atoms with Gasteiger partial charge in [0.2, 0.25) is 11.8 Å². The largest absolute Gasteiger partial charge is 0.424 e. The van der Waals surface area contributed by atoms with Crippen LogP contribution in [-0.2, 0) is 17.6 Å². The third-order valence-electron chi connectivity index (χ3n) is 4.28. The number of halogens is 1. The Labute approximate surface area is 169 Å². The number of carbonyl (C=O) groups is 1. The molecule has 0 saturated carbocycles. The van der Waals surface area contributed by atoms with E-state index < -0.39 is 0 Å². The van der Waals surface area contributed by atoms with E-state index in [1.54, 1.807) is 0 Å². The van der Waals surface area contributed by atoms with Gasteiger partial charge in [0.1, 0.15) is 16.3 Å². The molecule has 0 bridgehead atoms. The summed E-state index contributed by atoms with van der Waals surface area (Å²) in [5, 5.41) is 17.0. The summed E-state index contributed by atoms with van der Waals surface area (Å²) in [4.78, 5) is 16.1. The molecular formula is C21H15FN4O2S. The summed E-state index contributed by atoms with van der Waals surface area (Å²) in [6.45, 7) is 0. The minimum atomic E-state index is -0.377. The summed E-state index contributed by atoms with van der Waals surface area (Å²) in [6.07, 6.45) is 0.597. The predicted molar refractivity (Wildman–Crippen MR) is 106 cm³/mol. The zero-order valence-corrected chi connectivity index (χ0v) is 16.1. The molecule has 0 fully saturated rings. The summed E-state index contributed by atoms with van der Waals surface area (Å²) >= 11 is 1.37. The molecule has 0 saturated heterocycles. The van der Waals surface area contributed by atoms with Crippen molar-refractivity contribution < 1.29 is 13.6 Å². The van der Waals surface area contributed by atoms with Crippen molar-refractivity contribution in [2.75, 3.05) is 0 Å². The number of thiazole rings is 1. The lowest BCUT2D eigenvalue weighted by atomic mass is 10.1. The van der Waals surface area contributed by atoms with E-state index in [-0.39, 0.29) is 43.2 Å². The van der Waals surface area contributed by atoms with Gasteiger partial charge in [-0.15, -0.1) is 21.5 Å². The van der Waals surface area contributed by atoms with Crippen LogP contribution in [0.3, 0.4) is 0 Å². The molecule has 4 aromatic rings. The van der Waals surface area contributed by atoms with E-state index in [1.165, 1.54) is 17.4 Å². The van der Waals surface area contributed by atoms with Crippen LogP contribution >= 0.6 is 11.3 Å². The number of nitrogens with zero attached hydrogens (tertiary/aromatic N) is 4. The molecule has 0 unspecified atom stereocenters. The Morgan fingerprint density at radius 3 is 2.72 bits per heavy atom. The molecule has 0 spiro atoms. The van der Waals surface area contributed by atoms with Crippen LogP contribution in [0, 0.1) is 17.1 Å². The van der Waals surface area contributed by atoms with Gasteiger partial charge >= 0.3 is 0 Å². The number of hydrogen-bond donors (Lipinski definition) is 0. The Hall–Kier alpha value is -3.44. The minimum Gasteiger partial charge on any atom is -0.424 e. The zero-order chi connectivity index (χ0) is 20.2. The average molecular weight is 406 g/mol. The summed E-state index contributed by atoms with van der Waals surface area (Å²) in [5.74, 6) is 0.0211. The van der Waals surface area contributed by atoms with Crippen LogP contribution in [0.4, 0.5) is 4.39 Å². The molecule has 0 amide bonds. The quantitative estimate of drug-likeness (QED) is 0.449. The van der Waals surface area contributed by atoms with Gasteiger partial charge in [-0.2, -0.15) is 5.26 Å². The highest BCUT2D eigenvalue weighted by molar-refractivity contribution is 7.18. The van der Waals surface area contributed by atoms with E-state index in [2.05, 4.69) is 15.2 Å². The first kappa shape index (κ1) is 18.9. The highest BCUT2D eigenvalue weighted by atomic mass is 32.1. The van der Waals surface area contributed by atoms with Gasteiger partial charge in [-0.25, -0.2) is 9.37 Å². The molecule has 144 valence electrons. The fourth-order valence-electron chi connectivity index (χ4n) is 2.92. The lowest BCUT2D eigenvalue weighted by Crippen LogP contribution is -2.02. The van der Waals surface area contributed by atoms with Gasteiger partial charge in [0.05, 0.1) is 23.6 Å². The topological polar surface area (TPSA) is 92.7 Å². The molecule has 0 N–H and O–H groups in total. The van der Waals surface area contributed by atoms with Crippen LogP contribution in [-0.4, -0.2) is 21.0 Å². The Morgan fingerprint density at radius 2 is 1.93 bits per heavy atom. The van der Waals surface area contributed by atoms with Gasteiger partial charge in [-0.1, -0.05) is 30.3 Å². The number of rotatable bonds is 7. The summed E-state index contributed by atoms with van der Waals surface area (Å²) in [5.41, 5.74) is 2.05. The van der Waals surface area contributed by atoms with Gasteiger partial charge < -0.3 is 4.42 Å². The maximum absolute atomic E-state index is 14.6. The van der Waals surface area contributed by atoms with Crippen molar-refractivity contribution in [2.24, 2.45) is 0 Å². The average Bonchev–Trinajstić information content (AvgIpc) is 3.34. The molecule has 4 rings (SSSR count). The lowest BCUT2D eigenvalue weighted by molar-refractivity contribution is -0.118. The van der Waals surface area contributed by atoms with Gasteiger partial charge in [0, 0.05) is 12.8 Å². The number of fused-ring (bicyclic) bond motifs is 1. The summed E-state index contributed by atoms with van der Waals surface area (Å²) < 4.78 is 20.8. The number of benzene rings is 2. The first-order valence-electron chi connectivity index (χ1n) is 8.96. The van der Waals surface area contributed by atoms with Gasteiger partial charge in [0.15, 0.2) is 5.82 Å². The fraction of sp³-hybridized carbons (Fsp3) is 0.190. The molecule has 0 aliphatic rings. The van der Waals surface area contributed by atoms with Crippen LogP contribution < -0.4 is 0 Å². The standard InChI is InChI=1S/C21H15FN4O2S/c22-16-9-14(13-5-2-1-3-6-13)10-17-21(16)24-20(29-17)12-19-26-25-18(28-19)11-15(27)7-4-8-23/h1-3,5-6,9-10H,4,7,11-12H2. The molecule has 8 heteroatoms. The molecule has 29 heavy (non-hydrogen) atoms. The molecule has 2 heterocycles. The predicted octanol–water partition coefficient (Wildman–Crippen LogP) is 4.49. The van der Waals surface area contributed by atoms with Crippen LogP contribution in [0.2, 0.25) is 0 Å². The molecule has 6 nitrogen and oxygen atoms in total. The molecule has 0 radical (unpaired) electrons. The number of hydrogen-bond acceptors (Lipinski definition) is 7. The number of aromatic nitrogens is 3. The second kappa shape index (κ2) is 8.29. The summed E-state index contributed by atoms with van der Waals surface area (Å²) in [7, 11) is 0. The Kier molecular flexibility index (Phi) is 5.40. The third-order valence-corrected chi connectivity index (χ3v) is 5.28. The summed E-state index contributed by atoms with van der Waals surface area (Å²) in [6, 6.07) is 14.9. The van der Waals surface area contributed by atoms with Gasteiger partial charge in [-0.05, 0) is 23.3 Å². The molecule has 2 aromatic heterocycles. The van der Waals surface area contributed by atoms with E-state index in [4.69, 9.17) is 9.68 Å². The Balaban J connectivity index is 1.53. The van der Waals surface area contributed by atoms with E-state index in [0.29, 0.717) is 16.4 Å². The number of carbonyl (C=O) groups excluding carboxylic acids is 1. The maximum Gasteiger partial charge on any atom is 0.223 e. The normalized spacial score (nSPS) is 10.9. The van der Waals surface area contributed by atoms with Crippen molar-refractivity contribution in [2.45, 2.75) is 25.7 Å². The van der Waals surface area contributed by atoms with Crippen LogP contribution in [0.25, 0.3) is 21.3 Å². The van der Waals surface area contributed by atoms with Crippen LogP contribution in [0.5, 0.6) is 0 Å². The lowest BCUT2D eigenvalue weighted by Gasteiger charge is -2.01. The molecule has 0 aliphatic carbocycles. The second-order valence-electron chi connectivity index (χ2n) is 6.42. The first-order chi connectivity index (χ1) is 14.1. The minimum absolute atomic E-state index is 0.00356. The van der Waals surface area contributed by atoms with Crippen LogP contribution in [0.1, 0.15) is 29.6 Å². The highest BCUT2D eigenvalue weighted by Gasteiger charge is 2.15. The number of Topliss-reactive ketones (excluding diaryl/α,β-unsaturated/α-hetero) is 1. The van der Waals surface area contributed by atoms with Crippen molar-refractivity contribution >= 4 is 27.3 Å². The SMILES string of the molecule is N#CCCC(=O)Cc1nnc(Cc2nc3c(F)cc(-c4ccccc4)cc3s2)o1. The fourth-order valence-corrected chi connectivity index (χ4v) is 3.93. The van der Waals surface area contributed by atoms with Gasteiger partial charge in [0.25, 0.3) is 0 Å². The number of ketones is 1. The second-order valence-corrected chi connectivity index (χ2v) is 7.53. The van der Waals surface area contributed by atoms with E-state index >= 15 is 0 Å². The van der Waals surface area contributed by atoms with E-state index in [9.17, 15) is 9.18 Å². The van der Waals surface area contributed by atoms with Crippen LogP contribution in [0.15, 0.2) is 46.9 Å². The molecule has 0 aliphatic heterocycles. The van der Waals surface area contributed by atoms with Crippen molar-refractivity contribution in [3.8, 4) is 17.2 Å². The smallest absolute Gasteiger partial charge is 0.223 e. The van der Waals surface area contributed by atoms with Gasteiger partial charge in [-0.3, -0.25) is 4.79 Å². The Morgan fingerprint density at radius 1 is 1.14 bits per heavy atom. The molecule has 0 atom stereocenters.